The molecule has 0 radical (unpaired) electrons. The molecule has 0 N–H and O–H groups in total. The highest BCUT2D eigenvalue weighted by Gasteiger charge is 2.18. The van der Waals surface area contributed by atoms with Crippen LogP contribution in [0.3, 0.4) is 0 Å². The average Bonchev–Trinajstić information content (AvgIpc) is 2.03. The molecule has 0 unspecified atom stereocenters. The Labute approximate surface area is 76.9 Å². The van der Waals surface area contributed by atoms with Crippen molar-refractivity contribution >= 4 is 5.97 Å². The van der Waals surface area contributed by atoms with Crippen molar-refractivity contribution in [2.75, 3.05) is 0 Å². The number of esters is 1. The summed E-state index contributed by atoms with van der Waals surface area (Å²) < 4.78 is 5.08. The molecule has 1 aromatic heterocycles. The van der Waals surface area contributed by atoms with Gasteiger partial charge < -0.3 is 4.74 Å². The third-order valence-corrected chi connectivity index (χ3v) is 1.18. The maximum absolute atomic E-state index is 11.3. The predicted octanol–water partition coefficient (Wildman–Crippen LogP) is 1.43. The molecular formula is C9H12N2O2. The number of carbonyl (C=O) groups is 1. The molecule has 1 heterocycles. The maximum atomic E-state index is 11.3. The van der Waals surface area contributed by atoms with Gasteiger partial charge in [0.25, 0.3) is 0 Å². The summed E-state index contributed by atoms with van der Waals surface area (Å²) in [4.78, 5) is 11.3. The second kappa shape index (κ2) is 3.51. The number of hydrogen-bond acceptors (Lipinski definition) is 4. The minimum atomic E-state index is -0.491. The van der Waals surface area contributed by atoms with E-state index in [-0.39, 0.29) is 5.69 Å². The van der Waals surface area contributed by atoms with Gasteiger partial charge in [-0.05, 0) is 32.9 Å². The van der Waals surface area contributed by atoms with Crippen LogP contribution in [0.5, 0.6) is 0 Å². The summed E-state index contributed by atoms with van der Waals surface area (Å²) in [5.41, 5.74) is -0.258. The predicted molar refractivity (Wildman–Crippen MR) is 47.2 cm³/mol. The van der Waals surface area contributed by atoms with Crippen LogP contribution in [0, 0.1) is 0 Å². The van der Waals surface area contributed by atoms with E-state index in [1.165, 1.54) is 6.20 Å². The van der Waals surface area contributed by atoms with E-state index in [9.17, 15) is 4.79 Å². The average molecular weight is 180 g/mol. The Balaban J connectivity index is 2.71. The molecular weight excluding hydrogens is 168 g/mol. The number of ether oxygens (including phenoxy) is 1. The first-order valence-corrected chi connectivity index (χ1v) is 4.00. The lowest BCUT2D eigenvalue weighted by Crippen LogP contribution is -2.24. The SMILES string of the molecule is CC(C)(C)OC(=O)c1cccnn1. The lowest BCUT2D eigenvalue weighted by Gasteiger charge is -2.18. The number of hydrogen-bond donors (Lipinski definition) is 0. The van der Waals surface area contributed by atoms with Gasteiger partial charge in [-0.15, -0.1) is 5.10 Å². The van der Waals surface area contributed by atoms with Gasteiger partial charge in [0.15, 0.2) is 5.69 Å². The van der Waals surface area contributed by atoms with Gasteiger partial charge in [-0.25, -0.2) is 4.79 Å². The molecule has 0 saturated heterocycles. The maximum Gasteiger partial charge on any atom is 0.359 e. The Morgan fingerprint density at radius 1 is 1.46 bits per heavy atom. The zero-order valence-corrected chi connectivity index (χ0v) is 7.94. The van der Waals surface area contributed by atoms with E-state index in [0.717, 1.165) is 0 Å². The second-order valence-corrected chi connectivity index (χ2v) is 3.61. The van der Waals surface area contributed by atoms with Crippen molar-refractivity contribution in [3.63, 3.8) is 0 Å². The van der Waals surface area contributed by atoms with E-state index in [0.29, 0.717) is 0 Å². The second-order valence-electron chi connectivity index (χ2n) is 3.61. The summed E-state index contributed by atoms with van der Waals surface area (Å²) in [7, 11) is 0. The van der Waals surface area contributed by atoms with Crippen LogP contribution < -0.4 is 0 Å². The monoisotopic (exact) mass is 180 g/mol. The van der Waals surface area contributed by atoms with Gasteiger partial charge in [0.1, 0.15) is 5.60 Å². The molecule has 0 fully saturated rings. The molecule has 0 atom stereocenters. The van der Waals surface area contributed by atoms with Crippen LogP contribution in [0.4, 0.5) is 0 Å². The van der Waals surface area contributed by atoms with E-state index in [4.69, 9.17) is 4.74 Å². The van der Waals surface area contributed by atoms with Crippen molar-refractivity contribution < 1.29 is 9.53 Å². The largest absolute Gasteiger partial charge is 0.455 e. The molecule has 1 rings (SSSR count). The van der Waals surface area contributed by atoms with Crippen molar-refractivity contribution in [1.82, 2.24) is 10.2 Å². The van der Waals surface area contributed by atoms with Gasteiger partial charge in [0, 0.05) is 6.20 Å². The Morgan fingerprint density at radius 3 is 2.62 bits per heavy atom. The Kier molecular flexibility index (Phi) is 2.60. The van der Waals surface area contributed by atoms with Crippen molar-refractivity contribution in [3.8, 4) is 0 Å². The summed E-state index contributed by atoms with van der Waals surface area (Å²) in [6.07, 6.45) is 1.51. The molecule has 4 heteroatoms. The zero-order chi connectivity index (χ0) is 9.90. The summed E-state index contributed by atoms with van der Waals surface area (Å²) in [5.74, 6) is -0.444. The molecule has 0 saturated carbocycles. The number of nitrogens with zero attached hydrogens (tertiary/aromatic N) is 2. The summed E-state index contributed by atoms with van der Waals surface area (Å²) in [5, 5.41) is 7.22. The summed E-state index contributed by atoms with van der Waals surface area (Å²) >= 11 is 0. The zero-order valence-electron chi connectivity index (χ0n) is 7.94. The lowest BCUT2D eigenvalue weighted by atomic mass is 10.2. The molecule has 0 aliphatic heterocycles. The van der Waals surface area contributed by atoms with Gasteiger partial charge in [-0.1, -0.05) is 0 Å². The standard InChI is InChI=1S/C9H12N2O2/c1-9(2,3)13-8(12)7-5-4-6-10-11-7/h4-6H,1-3H3. The van der Waals surface area contributed by atoms with E-state index in [1.54, 1.807) is 32.9 Å². The normalized spacial score (nSPS) is 11.0. The third-order valence-electron chi connectivity index (χ3n) is 1.18. The van der Waals surface area contributed by atoms with Crippen molar-refractivity contribution in [1.29, 1.82) is 0 Å². The first-order chi connectivity index (χ1) is 5.99. The fourth-order valence-corrected chi connectivity index (χ4v) is 0.741. The Hall–Kier alpha value is -1.45. The highest BCUT2D eigenvalue weighted by Crippen LogP contribution is 2.09. The van der Waals surface area contributed by atoms with E-state index >= 15 is 0 Å². The summed E-state index contributed by atoms with van der Waals surface area (Å²) in [6, 6.07) is 3.22. The highest BCUT2D eigenvalue weighted by atomic mass is 16.6. The molecule has 0 aliphatic rings. The first kappa shape index (κ1) is 9.64. The highest BCUT2D eigenvalue weighted by molar-refractivity contribution is 5.87. The minimum Gasteiger partial charge on any atom is -0.455 e. The van der Waals surface area contributed by atoms with Gasteiger partial charge in [0.05, 0.1) is 0 Å². The quantitative estimate of drug-likeness (QED) is 0.613. The molecule has 13 heavy (non-hydrogen) atoms. The smallest absolute Gasteiger partial charge is 0.359 e. The lowest BCUT2D eigenvalue weighted by molar-refractivity contribution is 0.00616. The van der Waals surface area contributed by atoms with Gasteiger partial charge in [0.2, 0.25) is 0 Å². The molecule has 0 spiro atoms. The number of carbonyl (C=O) groups excluding carboxylic acids is 1. The van der Waals surface area contributed by atoms with Gasteiger partial charge in [-0.2, -0.15) is 5.10 Å². The molecule has 70 valence electrons. The third kappa shape index (κ3) is 3.19. The fourth-order valence-electron chi connectivity index (χ4n) is 0.741. The van der Waals surface area contributed by atoms with E-state index in [2.05, 4.69) is 10.2 Å². The molecule has 0 aliphatic carbocycles. The van der Waals surface area contributed by atoms with Crippen LogP contribution in [0.1, 0.15) is 31.3 Å². The first-order valence-electron chi connectivity index (χ1n) is 4.00. The van der Waals surface area contributed by atoms with Crippen molar-refractivity contribution in [3.05, 3.63) is 24.0 Å². The number of rotatable bonds is 1. The van der Waals surface area contributed by atoms with Crippen LogP contribution >= 0.6 is 0 Å². The topological polar surface area (TPSA) is 52.1 Å². The van der Waals surface area contributed by atoms with Crippen LogP contribution in [0.25, 0.3) is 0 Å². The van der Waals surface area contributed by atoms with Gasteiger partial charge >= 0.3 is 5.97 Å². The Bertz CT molecular complexity index is 290. The van der Waals surface area contributed by atoms with E-state index < -0.39 is 11.6 Å². The van der Waals surface area contributed by atoms with Gasteiger partial charge in [-0.3, -0.25) is 0 Å². The molecule has 4 nitrogen and oxygen atoms in total. The van der Waals surface area contributed by atoms with Crippen LogP contribution in [-0.4, -0.2) is 21.8 Å². The Morgan fingerprint density at radius 2 is 2.15 bits per heavy atom. The van der Waals surface area contributed by atoms with Crippen molar-refractivity contribution in [2.45, 2.75) is 26.4 Å². The van der Waals surface area contributed by atoms with Crippen LogP contribution in [0.2, 0.25) is 0 Å². The van der Waals surface area contributed by atoms with E-state index in [1.807, 2.05) is 0 Å². The van der Waals surface area contributed by atoms with Crippen LogP contribution in [-0.2, 0) is 4.74 Å². The summed E-state index contributed by atoms with van der Waals surface area (Å²) in [6.45, 7) is 5.42. The fraction of sp³-hybridized carbons (Fsp3) is 0.444. The minimum absolute atomic E-state index is 0.234. The number of aromatic nitrogens is 2. The molecule has 0 aromatic carbocycles. The molecule has 0 amide bonds. The molecule has 1 aromatic rings. The molecule has 0 bridgehead atoms. The van der Waals surface area contributed by atoms with Crippen LogP contribution in [0.15, 0.2) is 18.3 Å². The van der Waals surface area contributed by atoms with Crippen molar-refractivity contribution in [2.24, 2.45) is 0 Å².